The van der Waals surface area contributed by atoms with Crippen molar-refractivity contribution in [2.45, 2.75) is 12.3 Å². The number of aromatic nitrogens is 1. The van der Waals surface area contributed by atoms with Crippen LogP contribution in [-0.2, 0) is 4.79 Å². The quantitative estimate of drug-likeness (QED) is 0.563. The van der Waals surface area contributed by atoms with Crippen LogP contribution in [0.15, 0.2) is 42.6 Å². The Morgan fingerprint density at radius 3 is 2.42 bits per heavy atom. The molecule has 1 unspecified atom stereocenters. The van der Waals surface area contributed by atoms with E-state index in [4.69, 9.17) is 18.9 Å². The molecule has 0 radical (unpaired) electrons. The summed E-state index contributed by atoms with van der Waals surface area (Å²) in [5.74, 6) is -0.0493. The lowest BCUT2D eigenvalue weighted by Crippen LogP contribution is -2.26. The molecule has 0 saturated heterocycles. The maximum absolute atomic E-state index is 12.7. The molecule has 1 aromatic heterocycles. The number of benzene rings is 2. The average molecular weight is 452 g/mol. The lowest BCUT2D eigenvalue weighted by Gasteiger charge is -2.28. The normalized spacial score (nSPS) is 14.8. The summed E-state index contributed by atoms with van der Waals surface area (Å²) in [6, 6.07) is 10.8. The fourth-order valence-electron chi connectivity index (χ4n) is 4.26. The molecule has 9 heteroatoms. The Hall–Kier alpha value is -4.14. The first-order valence-electron chi connectivity index (χ1n) is 10.1. The van der Waals surface area contributed by atoms with Gasteiger partial charge < -0.3 is 33.9 Å². The number of nitrogens with zero attached hydrogens (tertiary/aromatic N) is 1. The van der Waals surface area contributed by atoms with Crippen molar-refractivity contribution in [3.05, 3.63) is 59.4 Å². The molecule has 0 bridgehead atoms. The molecule has 9 nitrogen and oxygen atoms in total. The fraction of sp³-hybridized carbons (Fsp3) is 0.250. The van der Waals surface area contributed by atoms with E-state index >= 15 is 0 Å². The smallest absolute Gasteiger partial charge is 0.339 e. The number of carbonyl (C=O) groups is 2. The molecular weight excluding hydrogens is 428 g/mol. The lowest BCUT2D eigenvalue weighted by molar-refractivity contribution is -0.116. The van der Waals surface area contributed by atoms with Crippen molar-refractivity contribution < 1.29 is 33.6 Å². The predicted octanol–water partition coefficient (Wildman–Crippen LogP) is 3.68. The van der Waals surface area contributed by atoms with Crippen LogP contribution in [0.3, 0.4) is 0 Å². The molecule has 33 heavy (non-hydrogen) atoms. The number of hydrogen-bond acceptors (Lipinski definition) is 6. The summed E-state index contributed by atoms with van der Waals surface area (Å²) in [7, 11) is 6.10. The molecule has 0 aliphatic carbocycles. The highest BCUT2D eigenvalue weighted by Crippen LogP contribution is 2.49. The minimum atomic E-state index is -1.15. The Morgan fingerprint density at radius 2 is 1.79 bits per heavy atom. The van der Waals surface area contributed by atoms with Crippen LogP contribution in [0.4, 0.5) is 5.69 Å². The minimum absolute atomic E-state index is 0.00897. The van der Waals surface area contributed by atoms with E-state index in [1.54, 1.807) is 35.9 Å². The first kappa shape index (κ1) is 22.1. The second kappa shape index (κ2) is 8.78. The van der Waals surface area contributed by atoms with Crippen LogP contribution < -0.4 is 24.3 Å². The zero-order valence-corrected chi connectivity index (χ0v) is 18.7. The van der Waals surface area contributed by atoms with Gasteiger partial charge in [0, 0.05) is 35.9 Å². The van der Waals surface area contributed by atoms with E-state index in [2.05, 4.69) is 5.32 Å². The van der Waals surface area contributed by atoms with Gasteiger partial charge >= 0.3 is 5.97 Å². The molecular formula is C24H24N2O7. The van der Waals surface area contributed by atoms with Gasteiger partial charge in [-0.2, -0.15) is 0 Å². The molecule has 1 amide bonds. The summed E-state index contributed by atoms with van der Waals surface area (Å²) in [5, 5.41) is 12.6. The summed E-state index contributed by atoms with van der Waals surface area (Å²) in [6.07, 6.45) is 1.60. The van der Waals surface area contributed by atoms with Gasteiger partial charge in [0.25, 0.3) is 0 Å². The van der Waals surface area contributed by atoms with Gasteiger partial charge in [-0.25, -0.2) is 4.79 Å². The van der Waals surface area contributed by atoms with Crippen molar-refractivity contribution >= 4 is 17.6 Å². The summed E-state index contributed by atoms with van der Waals surface area (Å²) in [6.45, 7) is 0. The standard InChI is InChI=1S/C24H24N2O7/c1-30-14-7-5-6-13(10-14)26-12-17(24(28)29)20-21(26)16(11-19(27)25-20)15-8-9-18(31-2)23(33-4)22(15)32-3/h5-10,12,16H,11H2,1-4H3,(H,25,27)(H,28,29). The Kier molecular flexibility index (Phi) is 5.87. The van der Waals surface area contributed by atoms with Gasteiger partial charge in [-0.15, -0.1) is 0 Å². The molecule has 172 valence electrons. The number of amides is 1. The Labute approximate surface area is 190 Å². The van der Waals surface area contributed by atoms with Crippen LogP contribution in [0.1, 0.15) is 34.0 Å². The summed E-state index contributed by atoms with van der Waals surface area (Å²) in [4.78, 5) is 24.7. The number of methoxy groups -OCH3 is 4. The van der Waals surface area contributed by atoms with Gasteiger partial charge in [-0.05, 0) is 18.2 Å². The molecule has 1 aliphatic rings. The highest BCUT2D eigenvalue weighted by molar-refractivity contribution is 6.04. The van der Waals surface area contributed by atoms with Gasteiger partial charge in [0.05, 0.1) is 39.8 Å². The summed E-state index contributed by atoms with van der Waals surface area (Å²) in [5.41, 5.74) is 2.23. The Balaban J connectivity index is 2.01. The van der Waals surface area contributed by atoms with Crippen LogP contribution in [0.25, 0.3) is 5.69 Å². The molecule has 0 saturated carbocycles. The van der Waals surface area contributed by atoms with Crippen LogP contribution in [0.5, 0.6) is 23.0 Å². The third-order valence-electron chi connectivity index (χ3n) is 5.70. The van der Waals surface area contributed by atoms with Crippen LogP contribution in [0.2, 0.25) is 0 Å². The fourth-order valence-corrected chi connectivity index (χ4v) is 4.26. The van der Waals surface area contributed by atoms with Crippen molar-refractivity contribution in [1.29, 1.82) is 0 Å². The number of carboxylic acids is 1. The van der Waals surface area contributed by atoms with Gasteiger partial charge in [-0.3, -0.25) is 4.79 Å². The maximum Gasteiger partial charge on any atom is 0.339 e. The second-order valence-electron chi connectivity index (χ2n) is 7.41. The zero-order chi connectivity index (χ0) is 23.7. The molecule has 3 aromatic rings. The first-order valence-corrected chi connectivity index (χ1v) is 10.1. The topological polar surface area (TPSA) is 108 Å². The lowest BCUT2D eigenvalue weighted by atomic mass is 9.87. The van der Waals surface area contributed by atoms with E-state index in [9.17, 15) is 14.7 Å². The van der Waals surface area contributed by atoms with Crippen LogP contribution >= 0.6 is 0 Å². The van der Waals surface area contributed by atoms with Gasteiger partial charge in [0.2, 0.25) is 11.7 Å². The van der Waals surface area contributed by atoms with Crippen LogP contribution in [-0.4, -0.2) is 50.0 Å². The van der Waals surface area contributed by atoms with Gasteiger partial charge in [-0.1, -0.05) is 12.1 Å². The highest BCUT2D eigenvalue weighted by Gasteiger charge is 2.37. The molecule has 1 aliphatic heterocycles. The molecule has 2 aromatic carbocycles. The minimum Gasteiger partial charge on any atom is -0.497 e. The third-order valence-corrected chi connectivity index (χ3v) is 5.70. The predicted molar refractivity (Wildman–Crippen MR) is 120 cm³/mol. The molecule has 2 N–H and O–H groups in total. The monoisotopic (exact) mass is 452 g/mol. The second-order valence-corrected chi connectivity index (χ2v) is 7.41. The number of anilines is 1. The van der Waals surface area contributed by atoms with Gasteiger partial charge in [0.15, 0.2) is 11.5 Å². The first-order chi connectivity index (χ1) is 15.9. The number of ether oxygens (including phenoxy) is 4. The van der Waals surface area contributed by atoms with Crippen molar-refractivity contribution in [3.63, 3.8) is 0 Å². The molecule has 1 atom stereocenters. The average Bonchev–Trinajstić information content (AvgIpc) is 3.22. The maximum atomic E-state index is 12.7. The number of nitrogens with one attached hydrogen (secondary N) is 1. The van der Waals surface area contributed by atoms with E-state index in [-0.39, 0.29) is 23.6 Å². The van der Waals surface area contributed by atoms with E-state index in [1.807, 2.05) is 12.1 Å². The number of fused-ring (bicyclic) bond motifs is 1. The molecule has 0 fully saturated rings. The zero-order valence-electron chi connectivity index (χ0n) is 18.7. The van der Waals surface area contributed by atoms with Crippen molar-refractivity contribution in [2.24, 2.45) is 0 Å². The molecule has 2 heterocycles. The number of rotatable bonds is 7. The summed E-state index contributed by atoms with van der Waals surface area (Å²) >= 11 is 0. The van der Waals surface area contributed by atoms with E-state index in [1.165, 1.54) is 27.5 Å². The number of carboxylic acid groups (broad SMARTS) is 1. The van der Waals surface area contributed by atoms with Gasteiger partial charge in [0.1, 0.15) is 11.3 Å². The van der Waals surface area contributed by atoms with Crippen molar-refractivity contribution in [1.82, 2.24) is 4.57 Å². The Bertz CT molecular complexity index is 1230. The van der Waals surface area contributed by atoms with Crippen molar-refractivity contribution in [2.75, 3.05) is 33.8 Å². The SMILES string of the molecule is COc1cccc(-n2cc(C(=O)O)c3c2C(c2ccc(OC)c(OC)c2OC)CC(=O)N3)c1. The van der Waals surface area contributed by atoms with Crippen LogP contribution in [0, 0.1) is 0 Å². The van der Waals surface area contributed by atoms with Crippen molar-refractivity contribution in [3.8, 4) is 28.7 Å². The number of aromatic carboxylic acids is 1. The number of carbonyl (C=O) groups excluding carboxylic acids is 1. The highest BCUT2D eigenvalue weighted by atomic mass is 16.5. The Morgan fingerprint density at radius 1 is 1.03 bits per heavy atom. The van der Waals surface area contributed by atoms with E-state index < -0.39 is 11.9 Å². The van der Waals surface area contributed by atoms with E-state index in [0.717, 1.165) is 0 Å². The summed E-state index contributed by atoms with van der Waals surface area (Å²) < 4.78 is 23.7. The molecule has 0 spiro atoms. The third kappa shape index (κ3) is 3.71. The number of hydrogen-bond donors (Lipinski definition) is 2. The molecule has 4 rings (SSSR count). The largest absolute Gasteiger partial charge is 0.497 e. The van der Waals surface area contributed by atoms with E-state index in [0.29, 0.717) is 39.9 Å².